The molecule has 1 heterocycles. The third kappa shape index (κ3) is 5.75. The Morgan fingerprint density at radius 3 is 2.11 bits per heavy atom. The first-order chi connectivity index (χ1) is 15.5. The summed E-state index contributed by atoms with van der Waals surface area (Å²) in [6, 6.07) is 2.15. The maximum Gasteiger partial charge on any atom is 0.425 e. The number of esters is 3. The first-order valence-electron chi connectivity index (χ1n) is 11.6. The molecule has 3 rings (SSSR count). The van der Waals surface area contributed by atoms with Crippen molar-refractivity contribution >= 4 is 17.9 Å². The molecular weight excluding hydrogens is 467 g/mol. The highest BCUT2D eigenvalue weighted by atomic mass is 19.4. The molecule has 0 radical (unpaired) electrons. The number of carbonyl (C=O) groups excluding carboxylic acids is 3. The molecule has 2 aliphatic carbocycles. The second-order valence-corrected chi connectivity index (χ2v) is 10.7. The molecule has 1 saturated heterocycles. The van der Waals surface area contributed by atoms with Gasteiger partial charge in [-0.2, -0.15) is 18.4 Å². The quantitative estimate of drug-likeness (QED) is 0.354. The van der Waals surface area contributed by atoms with Gasteiger partial charge in [0.05, 0.1) is 16.9 Å². The van der Waals surface area contributed by atoms with Gasteiger partial charge in [-0.05, 0) is 60.3 Å². The second kappa shape index (κ2) is 10.4. The van der Waals surface area contributed by atoms with Gasteiger partial charge in [-0.1, -0.05) is 21.3 Å². The van der Waals surface area contributed by atoms with E-state index in [2.05, 4.69) is 10.8 Å². The van der Waals surface area contributed by atoms with Gasteiger partial charge in [-0.3, -0.25) is 14.4 Å². The summed E-state index contributed by atoms with van der Waals surface area (Å²) < 4.78 is 51.4. The van der Waals surface area contributed by atoms with E-state index >= 15 is 0 Å². The molecule has 3 aliphatic rings. The zero-order valence-corrected chi connectivity index (χ0v) is 20.7. The van der Waals surface area contributed by atoms with Crippen LogP contribution < -0.4 is 0 Å². The van der Waals surface area contributed by atoms with Gasteiger partial charge in [0.2, 0.25) is 0 Å². The van der Waals surface area contributed by atoms with Gasteiger partial charge >= 0.3 is 24.1 Å². The van der Waals surface area contributed by atoms with Crippen LogP contribution in [0.15, 0.2) is 0 Å². The summed E-state index contributed by atoms with van der Waals surface area (Å²) in [6.07, 6.45) is -4.97. The molecular formula is C25H38F3NO6. The van der Waals surface area contributed by atoms with Crippen LogP contribution in [0.5, 0.6) is 0 Å². The number of rotatable bonds is 6. The number of alkyl halides is 3. The summed E-state index contributed by atoms with van der Waals surface area (Å²) in [7, 11) is 0. The highest BCUT2D eigenvalue weighted by molar-refractivity contribution is 5.84. The largest absolute Gasteiger partial charge is 0.458 e. The molecule has 200 valence electrons. The van der Waals surface area contributed by atoms with Gasteiger partial charge < -0.3 is 14.2 Å². The van der Waals surface area contributed by atoms with Gasteiger partial charge in [0.25, 0.3) is 0 Å². The van der Waals surface area contributed by atoms with E-state index < -0.39 is 46.6 Å². The monoisotopic (exact) mass is 505 g/mol. The Morgan fingerprint density at radius 1 is 1.14 bits per heavy atom. The minimum absolute atomic E-state index is 0. The van der Waals surface area contributed by atoms with E-state index in [0.717, 1.165) is 13.3 Å². The van der Waals surface area contributed by atoms with Crippen molar-refractivity contribution in [2.24, 2.45) is 28.1 Å². The van der Waals surface area contributed by atoms with Crippen molar-refractivity contribution in [3.63, 3.8) is 0 Å². The van der Waals surface area contributed by atoms with E-state index in [9.17, 15) is 32.8 Å². The van der Waals surface area contributed by atoms with Crippen LogP contribution in [-0.2, 0) is 28.6 Å². The van der Waals surface area contributed by atoms with E-state index in [1.165, 1.54) is 0 Å². The Balaban J connectivity index is 0.000000365. The fourth-order valence-corrected chi connectivity index (χ4v) is 4.25. The number of hydrogen-bond donors (Lipinski definition) is 0. The van der Waals surface area contributed by atoms with Crippen molar-refractivity contribution in [2.45, 2.75) is 106 Å². The lowest BCUT2D eigenvalue weighted by Crippen LogP contribution is -2.42. The first-order valence-corrected chi connectivity index (χ1v) is 11.6. The summed E-state index contributed by atoms with van der Waals surface area (Å²) in [4.78, 5) is 35.4. The second-order valence-electron chi connectivity index (χ2n) is 10.7. The van der Waals surface area contributed by atoms with Crippen LogP contribution >= 0.6 is 0 Å². The van der Waals surface area contributed by atoms with Crippen molar-refractivity contribution in [1.82, 2.24) is 0 Å². The molecule has 2 saturated carbocycles. The average molecular weight is 506 g/mol. The van der Waals surface area contributed by atoms with Crippen LogP contribution in [0.1, 0.15) is 81.6 Å². The van der Waals surface area contributed by atoms with Crippen molar-refractivity contribution in [2.75, 3.05) is 0 Å². The zero-order valence-electron chi connectivity index (χ0n) is 20.7. The molecule has 0 aromatic rings. The van der Waals surface area contributed by atoms with Crippen molar-refractivity contribution < 1.29 is 41.8 Å². The smallest absolute Gasteiger partial charge is 0.425 e. The normalized spacial score (nSPS) is 29.7. The van der Waals surface area contributed by atoms with Crippen LogP contribution in [0.2, 0.25) is 0 Å². The maximum atomic E-state index is 12.2. The molecule has 6 atom stereocenters. The Morgan fingerprint density at radius 2 is 1.66 bits per heavy atom. The van der Waals surface area contributed by atoms with Gasteiger partial charge in [0.15, 0.2) is 11.5 Å². The van der Waals surface area contributed by atoms with E-state index in [1.54, 1.807) is 20.8 Å². The van der Waals surface area contributed by atoms with E-state index in [0.29, 0.717) is 19.3 Å². The summed E-state index contributed by atoms with van der Waals surface area (Å²) in [5, 5.41) is 9.31. The fraction of sp³-hybridized carbons (Fsp3) is 0.840. The standard InChI is InChI=1S/C15H19NO4.C9H15F3O2.CH4/c1-4-14(2,3)12(17)19-10-8-5-9-11(10)20-13(18)15(9,6-8)7-16;1-5-8(3,4)7(13)14-6(2)9(10,11)12;/h8-11H,4-6H2,1-3H3;6H,5H2,1-4H3;1H4. The topological polar surface area (TPSA) is 103 Å². The third-order valence-corrected chi connectivity index (χ3v) is 7.63. The molecule has 1 aliphatic heterocycles. The number of halogens is 3. The summed E-state index contributed by atoms with van der Waals surface area (Å²) in [5.74, 6) is -1.51. The number of carbonyl (C=O) groups is 3. The predicted octanol–water partition coefficient (Wildman–Crippen LogP) is 5.36. The Bertz CT molecular complexity index is 862. The predicted molar refractivity (Wildman–Crippen MR) is 121 cm³/mol. The number of nitriles is 1. The van der Waals surface area contributed by atoms with Gasteiger partial charge in [0, 0.05) is 11.8 Å². The van der Waals surface area contributed by atoms with Crippen molar-refractivity contribution in [3.8, 4) is 6.07 Å². The summed E-state index contributed by atoms with van der Waals surface area (Å²) >= 11 is 0. The van der Waals surface area contributed by atoms with Crippen LogP contribution in [0, 0.1) is 39.4 Å². The van der Waals surface area contributed by atoms with Gasteiger partial charge in [-0.15, -0.1) is 0 Å². The van der Waals surface area contributed by atoms with E-state index in [1.807, 2.05) is 20.8 Å². The van der Waals surface area contributed by atoms with Crippen molar-refractivity contribution in [1.29, 1.82) is 5.26 Å². The number of ether oxygens (including phenoxy) is 3. The van der Waals surface area contributed by atoms with E-state index in [-0.39, 0.29) is 31.3 Å². The minimum Gasteiger partial charge on any atom is -0.458 e. The van der Waals surface area contributed by atoms with Crippen LogP contribution in [0.25, 0.3) is 0 Å². The molecule has 3 fully saturated rings. The molecule has 35 heavy (non-hydrogen) atoms. The molecule has 10 heteroatoms. The molecule has 7 nitrogen and oxygen atoms in total. The Hall–Kier alpha value is -2.31. The maximum absolute atomic E-state index is 12.2. The lowest BCUT2D eigenvalue weighted by molar-refractivity contribution is -0.221. The third-order valence-electron chi connectivity index (χ3n) is 7.63. The zero-order chi connectivity index (χ0) is 26.3. The minimum atomic E-state index is -4.49. The lowest BCUT2D eigenvalue weighted by atomic mass is 9.74. The molecule has 0 spiro atoms. The fourth-order valence-electron chi connectivity index (χ4n) is 4.25. The molecule has 0 aromatic heterocycles. The number of fused-ring (bicyclic) bond motifs is 1. The Kier molecular flexibility index (Phi) is 9.09. The first kappa shape index (κ1) is 30.7. The summed E-state index contributed by atoms with van der Waals surface area (Å²) in [5.41, 5.74) is -2.37. The molecule has 0 N–H and O–H groups in total. The van der Waals surface area contributed by atoms with E-state index in [4.69, 9.17) is 9.47 Å². The highest BCUT2D eigenvalue weighted by Gasteiger charge is 2.72. The number of hydrogen-bond acceptors (Lipinski definition) is 7. The van der Waals surface area contributed by atoms with Gasteiger partial charge in [-0.25, -0.2) is 0 Å². The SMILES string of the molecule is C.CCC(C)(C)C(=O)OC(C)C(F)(F)F.CCC(C)(C)C(=O)OC1C2CC3C1OC(=O)C3(C#N)C2. The average Bonchev–Trinajstić information content (AvgIpc) is 3.35. The van der Waals surface area contributed by atoms with Crippen LogP contribution in [0.4, 0.5) is 13.2 Å². The Labute approximate surface area is 205 Å². The lowest BCUT2D eigenvalue weighted by Gasteiger charge is -2.30. The highest BCUT2D eigenvalue weighted by Crippen LogP contribution is 2.62. The number of nitrogens with zero attached hydrogens (tertiary/aromatic N) is 1. The molecule has 6 unspecified atom stereocenters. The van der Waals surface area contributed by atoms with Crippen molar-refractivity contribution in [3.05, 3.63) is 0 Å². The molecule has 2 bridgehead atoms. The van der Waals surface area contributed by atoms with Gasteiger partial charge in [0.1, 0.15) is 12.2 Å². The summed E-state index contributed by atoms with van der Waals surface area (Å²) in [6.45, 7) is 11.3. The van der Waals surface area contributed by atoms with Crippen LogP contribution in [0.3, 0.4) is 0 Å². The molecule has 0 aromatic carbocycles. The molecule has 0 amide bonds. The van der Waals surface area contributed by atoms with Crippen LogP contribution in [-0.4, -0.2) is 42.4 Å².